The van der Waals surface area contributed by atoms with Crippen LogP contribution in [0.25, 0.3) is 10.8 Å². The minimum Gasteiger partial charge on any atom is -0.398 e. The lowest BCUT2D eigenvalue weighted by Crippen LogP contribution is -2.17. The molecule has 94 valence electrons. The first-order valence-electron chi connectivity index (χ1n) is 6.15. The lowest BCUT2D eigenvalue weighted by molar-refractivity contribution is 0.951. The predicted molar refractivity (Wildman–Crippen MR) is 80.1 cm³/mol. The summed E-state index contributed by atoms with van der Waals surface area (Å²) < 4.78 is 0.454. The Morgan fingerprint density at radius 3 is 2.89 bits per heavy atom. The standard InChI is InChI=1S/C14H17N3S/c1-18-14(5-6-14)9-17-13-3-2-12(15)10-4-7-16-8-11(10)13/h2-4,7-8,17H,5-6,9,15H2,1H3. The van der Waals surface area contributed by atoms with Gasteiger partial charge < -0.3 is 11.1 Å². The van der Waals surface area contributed by atoms with E-state index in [1.807, 2.05) is 30.1 Å². The Bertz CT molecular complexity index is 578. The Hall–Kier alpha value is -1.42. The zero-order valence-electron chi connectivity index (χ0n) is 10.4. The molecule has 0 aliphatic heterocycles. The van der Waals surface area contributed by atoms with E-state index in [1.165, 1.54) is 12.8 Å². The number of benzene rings is 1. The Balaban J connectivity index is 1.90. The molecule has 3 rings (SSSR count). The van der Waals surface area contributed by atoms with Crippen LogP contribution in [0.5, 0.6) is 0 Å². The summed E-state index contributed by atoms with van der Waals surface area (Å²) in [4.78, 5) is 4.19. The SMILES string of the molecule is CSC1(CNc2ccc(N)c3ccncc23)CC1. The summed E-state index contributed by atoms with van der Waals surface area (Å²) in [6.45, 7) is 1.02. The zero-order chi connectivity index (χ0) is 12.6. The van der Waals surface area contributed by atoms with Gasteiger partial charge in [-0.3, -0.25) is 4.98 Å². The van der Waals surface area contributed by atoms with Gasteiger partial charge in [-0.1, -0.05) is 0 Å². The smallest absolute Gasteiger partial charge is 0.0437 e. The molecule has 2 aromatic rings. The number of thioether (sulfide) groups is 1. The van der Waals surface area contributed by atoms with Gasteiger partial charge in [0.05, 0.1) is 0 Å². The fraction of sp³-hybridized carbons (Fsp3) is 0.357. The molecule has 4 heteroatoms. The van der Waals surface area contributed by atoms with Gasteiger partial charge in [0, 0.05) is 45.8 Å². The van der Waals surface area contributed by atoms with E-state index in [2.05, 4.69) is 22.6 Å². The van der Waals surface area contributed by atoms with Crippen molar-refractivity contribution in [2.24, 2.45) is 0 Å². The van der Waals surface area contributed by atoms with Gasteiger partial charge in [0.15, 0.2) is 0 Å². The molecule has 1 heterocycles. The van der Waals surface area contributed by atoms with Gasteiger partial charge in [-0.25, -0.2) is 0 Å². The van der Waals surface area contributed by atoms with E-state index in [0.717, 1.165) is 28.7 Å². The Kier molecular flexibility index (Phi) is 2.82. The van der Waals surface area contributed by atoms with E-state index in [0.29, 0.717) is 4.75 Å². The van der Waals surface area contributed by atoms with E-state index < -0.39 is 0 Å². The zero-order valence-corrected chi connectivity index (χ0v) is 11.3. The number of hydrogen-bond acceptors (Lipinski definition) is 4. The molecule has 1 saturated carbocycles. The summed E-state index contributed by atoms with van der Waals surface area (Å²) in [6.07, 6.45) is 8.48. The van der Waals surface area contributed by atoms with Crippen molar-refractivity contribution in [3.8, 4) is 0 Å². The number of fused-ring (bicyclic) bond motifs is 1. The summed E-state index contributed by atoms with van der Waals surface area (Å²) in [5.41, 5.74) is 7.93. The van der Waals surface area contributed by atoms with Gasteiger partial charge in [-0.05, 0) is 37.3 Å². The van der Waals surface area contributed by atoms with Gasteiger partial charge in [0.25, 0.3) is 0 Å². The maximum atomic E-state index is 5.99. The molecule has 1 aliphatic rings. The number of pyridine rings is 1. The van der Waals surface area contributed by atoms with E-state index in [9.17, 15) is 0 Å². The molecule has 18 heavy (non-hydrogen) atoms. The largest absolute Gasteiger partial charge is 0.398 e. The van der Waals surface area contributed by atoms with Crippen LogP contribution in [0.3, 0.4) is 0 Å². The number of aromatic nitrogens is 1. The second-order valence-corrected chi connectivity index (χ2v) is 6.14. The monoisotopic (exact) mass is 259 g/mol. The summed E-state index contributed by atoms with van der Waals surface area (Å²) in [6, 6.07) is 5.98. The van der Waals surface area contributed by atoms with Gasteiger partial charge in [0.1, 0.15) is 0 Å². The highest BCUT2D eigenvalue weighted by Crippen LogP contribution is 2.47. The van der Waals surface area contributed by atoms with Crippen LogP contribution in [0, 0.1) is 0 Å². The van der Waals surface area contributed by atoms with Crippen molar-refractivity contribution >= 4 is 33.9 Å². The molecular weight excluding hydrogens is 242 g/mol. The van der Waals surface area contributed by atoms with E-state index in [4.69, 9.17) is 5.73 Å². The van der Waals surface area contributed by atoms with Crippen LogP contribution in [-0.4, -0.2) is 22.5 Å². The van der Waals surface area contributed by atoms with Crippen molar-refractivity contribution in [3.05, 3.63) is 30.6 Å². The molecule has 3 nitrogen and oxygen atoms in total. The second kappa shape index (κ2) is 4.35. The molecule has 0 saturated heterocycles. The fourth-order valence-electron chi connectivity index (χ4n) is 2.22. The number of nitrogens with two attached hydrogens (primary N) is 1. The molecule has 1 aromatic carbocycles. The van der Waals surface area contributed by atoms with Crippen LogP contribution in [0.1, 0.15) is 12.8 Å². The highest BCUT2D eigenvalue weighted by molar-refractivity contribution is 8.00. The van der Waals surface area contributed by atoms with Gasteiger partial charge in [-0.2, -0.15) is 11.8 Å². The summed E-state index contributed by atoms with van der Waals surface area (Å²) in [7, 11) is 0. The van der Waals surface area contributed by atoms with E-state index in [1.54, 1.807) is 6.20 Å². The van der Waals surface area contributed by atoms with E-state index >= 15 is 0 Å². The Labute approximate surface area is 111 Å². The summed E-state index contributed by atoms with van der Waals surface area (Å²) >= 11 is 1.96. The highest BCUT2D eigenvalue weighted by Gasteiger charge is 2.41. The van der Waals surface area contributed by atoms with Crippen molar-refractivity contribution < 1.29 is 0 Å². The number of rotatable bonds is 4. The molecular formula is C14H17N3S. The third-order valence-corrected chi connectivity index (χ3v) is 5.11. The second-order valence-electron chi connectivity index (χ2n) is 4.86. The number of hydrogen-bond donors (Lipinski definition) is 2. The first kappa shape index (κ1) is 11.7. The van der Waals surface area contributed by atoms with Crippen molar-refractivity contribution in [3.63, 3.8) is 0 Å². The molecule has 3 N–H and O–H groups in total. The Morgan fingerprint density at radius 2 is 2.17 bits per heavy atom. The molecule has 1 fully saturated rings. The quantitative estimate of drug-likeness (QED) is 0.828. The number of anilines is 2. The maximum Gasteiger partial charge on any atom is 0.0437 e. The van der Waals surface area contributed by atoms with Gasteiger partial charge >= 0.3 is 0 Å². The third-order valence-electron chi connectivity index (χ3n) is 3.69. The lowest BCUT2D eigenvalue weighted by atomic mass is 10.1. The first-order valence-corrected chi connectivity index (χ1v) is 7.38. The topological polar surface area (TPSA) is 50.9 Å². The van der Waals surface area contributed by atoms with Gasteiger partial charge in [-0.15, -0.1) is 0 Å². The Morgan fingerprint density at radius 1 is 1.33 bits per heavy atom. The number of nitrogens with zero attached hydrogens (tertiary/aromatic N) is 1. The van der Waals surface area contributed by atoms with Crippen molar-refractivity contribution in [1.29, 1.82) is 0 Å². The minimum absolute atomic E-state index is 0.454. The average Bonchev–Trinajstić information content (AvgIpc) is 3.19. The van der Waals surface area contributed by atoms with Crippen molar-refractivity contribution in [1.82, 2.24) is 4.98 Å². The molecule has 1 aliphatic carbocycles. The fourth-order valence-corrected chi connectivity index (χ4v) is 2.94. The van der Waals surface area contributed by atoms with Crippen LogP contribution in [0.4, 0.5) is 11.4 Å². The van der Waals surface area contributed by atoms with Gasteiger partial charge in [0.2, 0.25) is 0 Å². The van der Waals surface area contributed by atoms with E-state index in [-0.39, 0.29) is 0 Å². The van der Waals surface area contributed by atoms with Crippen LogP contribution in [-0.2, 0) is 0 Å². The van der Waals surface area contributed by atoms with Crippen molar-refractivity contribution in [2.75, 3.05) is 23.9 Å². The molecule has 0 radical (unpaired) electrons. The molecule has 1 aromatic heterocycles. The highest BCUT2D eigenvalue weighted by atomic mass is 32.2. The molecule has 0 amide bonds. The number of nitrogen functional groups attached to an aromatic ring is 1. The normalized spacial score (nSPS) is 16.7. The number of nitrogens with one attached hydrogen (secondary N) is 1. The minimum atomic E-state index is 0.454. The summed E-state index contributed by atoms with van der Waals surface area (Å²) in [5, 5.41) is 5.73. The molecule has 0 spiro atoms. The average molecular weight is 259 g/mol. The lowest BCUT2D eigenvalue weighted by Gasteiger charge is -2.16. The molecule has 0 unspecified atom stereocenters. The third kappa shape index (κ3) is 2.01. The molecule has 0 atom stereocenters. The van der Waals surface area contributed by atoms with Crippen LogP contribution in [0.2, 0.25) is 0 Å². The van der Waals surface area contributed by atoms with Crippen LogP contribution >= 0.6 is 11.8 Å². The van der Waals surface area contributed by atoms with Crippen LogP contribution < -0.4 is 11.1 Å². The van der Waals surface area contributed by atoms with Crippen molar-refractivity contribution in [2.45, 2.75) is 17.6 Å². The molecule has 0 bridgehead atoms. The first-order chi connectivity index (χ1) is 8.74. The van der Waals surface area contributed by atoms with Crippen LogP contribution in [0.15, 0.2) is 30.6 Å². The summed E-state index contributed by atoms with van der Waals surface area (Å²) in [5.74, 6) is 0. The predicted octanol–water partition coefficient (Wildman–Crippen LogP) is 3.12. The maximum absolute atomic E-state index is 5.99.